The molecule has 2 unspecified atom stereocenters. The predicted octanol–water partition coefficient (Wildman–Crippen LogP) is 3.27. The van der Waals surface area contributed by atoms with Crippen LogP contribution in [-0.4, -0.2) is 26.6 Å². The molecule has 0 saturated carbocycles. The Bertz CT molecular complexity index is 435. The first kappa shape index (κ1) is 15.1. The van der Waals surface area contributed by atoms with Crippen LogP contribution in [0, 0.1) is 5.92 Å². The average molecular weight is 289 g/mol. The predicted molar refractivity (Wildman–Crippen MR) is 68.5 cm³/mol. The van der Waals surface area contributed by atoms with Gasteiger partial charge in [-0.1, -0.05) is 12.1 Å². The minimum atomic E-state index is -4.67. The van der Waals surface area contributed by atoms with Crippen molar-refractivity contribution in [3.05, 3.63) is 29.8 Å². The van der Waals surface area contributed by atoms with E-state index in [1.165, 1.54) is 12.1 Å². The third-order valence-corrected chi connectivity index (χ3v) is 3.33. The lowest BCUT2D eigenvalue weighted by Crippen LogP contribution is -2.30. The highest BCUT2D eigenvalue weighted by molar-refractivity contribution is 5.30. The minimum Gasteiger partial charge on any atom is -0.406 e. The van der Waals surface area contributed by atoms with Gasteiger partial charge in [-0.15, -0.1) is 13.2 Å². The van der Waals surface area contributed by atoms with Crippen LogP contribution in [0.25, 0.3) is 0 Å². The van der Waals surface area contributed by atoms with Gasteiger partial charge in [0.05, 0.1) is 6.10 Å². The van der Waals surface area contributed by atoms with Gasteiger partial charge in [0.25, 0.3) is 0 Å². The second-order valence-corrected chi connectivity index (χ2v) is 4.87. The van der Waals surface area contributed by atoms with Crippen LogP contribution in [0.4, 0.5) is 13.2 Å². The Morgan fingerprint density at radius 2 is 2.20 bits per heavy atom. The molecule has 1 fully saturated rings. The normalized spacial score (nSPS) is 23.6. The summed E-state index contributed by atoms with van der Waals surface area (Å²) in [6, 6.07) is 6.05. The van der Waals surface area contributed by atoms with Crippen LogP contribution in [-0.2, 0) is 4.74 Å². The highest BCUT2D eigenvalue weighted by atomic mass is 19.4. The summed E-state index contributed by atoms with van der Waals surface area (Å²) in [6.45, 7) is 1.41. The summed E-state index contributed by atoms with van der Waals surface area (Å²) in [4.78, 5) is 0. The van der Waals surface area contributed by atoms with E-state index in [0.29, 0.717) is 6.61 Å². The van der Waals surface area contributed by atoms with E-state index in [4.69, 9.17) is 4.74 Å². The number of hydrogen-bond acceptors (Lipinski definition) is 3. The van der Waals surface area contributed by atoms with Gasteiger partial charge in [0.1, 0.15) is 5.75 Å². The fraction of sp³-hybridized carbons (Fsp3) is 0.571. The topological polar surface area (TPSA) is 30.5 Å². The van der Waals surface area contributed by atoms with Crippen LogP contribution in [0.15, 0.2) is 24.3 Å². The van der Waals surface area contributed by atoms with Crippen molar-refractivity contribution in [2.75, 3.05) is 20.2 Å². The molecule has 1 heterocycles. The summed E-state index contributed by atoms with van der Waals surface area (Å²) in [5, 5.41) is 3.10. The van der Waals surface area contributed by atoms with E-state index in [0.717, 1.165) is 24.9 Å². The molecule has 0 aromatic heterocycles. The van der Waals surface area contributed by atoms with Gasteiger partial charge in [-0.2, -0.15) is 0 Å². The number of nitrogens with one attached hydrogen (secondary N) is 1. The van der Waals surface area contributed by atoms with E-state index in [1.807, 2.05) is 7.05 Å². The zero-order chi connectivity index (χ0) is 14.6. The molecule has 0 bridgehead atoms. The first-order valence-corrected chi connectivity index (χ1v) is 6.61. The maximum absolute atomic E-state index is 12.2. The van der Waals surface area contributed by atoms with Crippen LogP contribution in [0.3, 0.4) is 0 Å². The second kappa shape index (κ2) is 6.45. The summed E-state index contributed by atoms with van der Waals surface area (Å²) in [6.07, 6.45) is -2.89. The zero-order valence-corrected chi connectivity index (χ0v) is 11.2. The van der Waals surface area contributed by atoms with Gasteiger partial charge in [-0.05, 0) is 37.6 Å². The number of rotatable bonds is 4. The van der Waals surface area contributed by atoms with Gasteiger partial charge in [0.15, 0.2) is 0 Å². The molecule has 1 aliphatic heterocycles. The van der Waals surface area contributed by atoms with Crippen molar-refractivity contribution in [3.63, 3.8) is 0 Å². The zero-order valence-electron chi connectivity index (χ0n) is 11.2. The molecule has 6 heteroatoms. The molecule has 1 aromatic carbocycles. The number of benzene rings is 1. The maximum atomic E-state index is 12.2. The van der Waals surface area contributed by atoms with Gasteiger partial charge in [0, 0.05) is 19.1 Å². The van der Waals surface area contributed by atoms with E-state index in [-0.39, 0.29) is 17.8 Å². The van der Waals surface area contributed by atoms with Crippen molar-refractivity contribution < 1.29 is 22.6 Å². The molecule has 0 spiro atoms. The Hall–Kier alpha value is -1.27. The molecule has 1 aliphatic rings. The van der Waals surface area contributed by atoms with Gasteiger partial charge in [-0.25, -0.2) is 0 Å². The van der Waals surface area contributed by atoms with Crippen molar-refractivity contribution in [2.24, 2.45) is 5.92 Å². The molecule has 1 saturated heterocycles. The van der Waals surface area contributed by atoms with Gasteiger partial charge in [0.2, 0.25) is 0 Å². The fourth-order valence-corrected chi connectivity index (χ4v) is 2.57. The SMILES string of the molecule is CNCC1CCCOC1c1cccc(OC(F)(F)F)c1. The van der Waals surface area contributed by atoms with Crippen molar-refractivity contribution in [2.45, 2.75) is 25.3 Å². The third-order valence-electron chi connectivity index (χ3n) is 3.33. The lowest BCUT2D eigenvalue weighted by Gasteiger charge is -2.32. The summed E-state index contributed by atoms with van der Waals surface area (Å²) < 4.78 is 46.4. The molecule has 3 nitrogen and oxygen atoms in total. The van der Waals surface area contributed by atoms with Crippen LogP contribution in [0.5, 0.6) is 5.75 Å². The van der Waals surface area contributed by atoms with Crippen molar-refractivity contribution >= 4 is 0 Å². The third kappa shape index (κ3) is 4.11. The molecule has 1 N–H and O–H groups in total. The quantitative estimate of drug-likeness (QED) is 0.922. The minimum absolute atomic E-state index is 0.187. The Morgan fingerprint density at radius 3 is 2.90 bits per heavy atom. The number of halogens is 3. The van der Waals surface area contributed by atoms with Crippen LogP contribution < -0.4 is 10.1 Å². The molecule has 0 amide bonds. The first-order chi connectivity index (χ1) is 9.49. The van der Waals surface area contributed by atoms with Gasteiger partial charge >= 0.3 is 6.36 Å². The lowest BCUT2D eigenvalue weighted by atomic mass is 9.89. The second-order valence-electron chi connectivity index (χ2n) is 4.87. The molecule has 20 heavy (non-hydrogen) atoms. The highest BCUT2D eigenvalue weighted by Gasteiger charge is 2.32. The number of alkyl halides is 3. The first-order valence-electron chi connectivity index (χ1n) is 6.61. The fourth-order valence-electron chi connectivity index (χ4n) is 2.57. The highest BCUT2D eigenvalue weighted by Crippen LogP contribution is 2.35. The Morgan fingerprint density at radius 1 is 1.40 bits per heavy atom. The molecule has 0 aliphatic carbocycles. The van der Waals surface area contributed by atoms with E-state index >= 15 is 0 Å². The smallest absolute Gasteiger partial charge is 0.406 e. The van der Waals surface area contributed by atoms with Gasteiger partial charge < -0.3 is 14.8 Å². The largest absolute Gasteiger partial charge is 0.573 e. The Balaban J connectivity index is 2.16. The standard InChI is InChI=1S/C14H18F3NO2/c1-18-9-11-5-3-7-19-13(11)10-4-2-6-12(8-10)20-14(15,16)17/h2,4,6,8,11,13,18H,3,5,7,9H2,1H3. The van der Waals surface area contributed by atoms with Gasteiger partial charge in [-0.3, -0.25) is 0 Å². The molecule has 2 atom stereocenters. The van der Waals surface area contributed by atoms with E-state index in [9.17, 15) is 13.2 Å². The molecule has 112 valence electrons. The van der Waals surface area contributed by atoms with E-state index in [1.54, 1.807) is 12.1 Å². The summed E-state index contributed by atoms with van der Waals surface area (Å²) in [5.74, 6) is 0.0577. The lowest BCUT2D eigenvalue weighted by molar-refractivity contribution is -0.274. The number of hydrogen-bond donors (Lipinski definition) is 1. The van der Waals surface area contributed by atoms with Crippen molar-refractivity contribution in [3.8, 4) is 5.75 Å². The summed E-state index contributed by atoms with van der Waals surface area (Å²) in [5.41, 5.74) is 0.728. The molecular weight excluding hydrogens is 271 g/mol. The Labute approximate surface area is 116 Å². The van der Waals surface area contributed by atoms with Crippen molar-refractivity contribution in [1.82, 2.24) is 5.32 Å². The molecule has 0 radical (unpaired) electrons. The van der Waals surface area contributed by atoms with Crippen LogP contribution in [0.1, 0.15) is 24.5 Å². The van der Waals surface area contributed by atoms with Crippen LogP contribution >= 0.6 is 0 Å². The molecular formula is C14H18F3NO2. The van der Waals surface area contributed by atoms with E-state index in [2.05, 4.69) is 10.1 Å². The van der Waals surface area contributed by atoms with E-state index < -0.39 is 6.36 Å². The molecule has 2 rings (SSSR count). The van der Waals surface area contributed by atoms with Crippen molar-refractivity contribution in [1.29, 1.82) is 0 Å². The monoisotopic (exact) mass is 289 g/mol. The van der Waals surface area contributed by atoms with Crippen LogP contribution in [0.2, 0.25) is 0 Å². The molecule has 1 aromatic rings. The summed E-state index contributed by atoms with van der Waals surface area (Å²) in [7, 11) is 1.86. The number of ether oxygens (including phenoxy) is 2. The summed E-state index contributed by atoms with van der Waals surface area (Å²) >= 11 is 0. The maximum Gasteiger partial charge on any atom is 0.573 e. The Kier molecular flexibility index (Phi) is 4.88. The average Bonchev–Trinajstić information content (AvgIpc) is 2.38.